The van der Waals surface area contributed by atoms with E-state index < -0.39 is 29.1 Å². The number of fused-ring (bicyclic) bond motifs is 1. The average molecular weight is 344 g/mol. The molecule has 0 aliphatic carbocycles. The van der Waals surface area contributed by atoms with Gasteiger partial charge in [-0.05, 0) is 12.1 Å². The Bertz CT molecular complexity index is 836. The SMILES string of the molecule is O=C(COC(=O)c1cc2c(cc1[N+](=O)[O-])OCO2)Nc1ccccc1. The van der Waals surface area contributed by atoms with Crippen LogP contribution in [0.15, 0.2) is 42.5 Å². The Morgan fingerprint density at radius 1 is 1.16 bits per heavy atom. The number of anilines is 1. The van der Waals surface area contributed by atoms with Crippen molar-refractivity contribution in [2.24, 2.45) is 0 Å². The molecule has 0 bridgehead atoms. The Morgan fingerprint density at radius 3 is 2.52 bits per heavy atom. The lowest BCUT2D eigenvalue weighted by atomic mass is 10.1. The Balaban J connectivity index is 1.69. The van der Waals surface area contributed by atoms with Gasteiger partial charge in [-0.2, -0.15) is 0 Å². The molecular formula is C16H12N2O7. The highest BCUT2D eigenvalue weighted by Gasteiger charge is 2.28. The number of nitro benzene ring substituents is 1. The van der Waals surface area contributed by atoms with Gasteiger partial charge in [0.2, 0.25) is 6.79 Å². The summed E-state index contributed by atoms with van der Waals surface area (Å²) >= 11 is 0. The predicted molar refractivity (Wildman–Crippen MR) is 84.6 cm³/mol. The zero-order valence-electron chi connectivity index (χ0n) is 12.8. The number of nitrogens with one attached hydrogen (secondary N) is 1. The second-order valence-corrected chi connectivity index (χ2v) is 4.97. The minimum absolute atomic E-state index is 0.0928. The number of ether oxygens (including phenoxy) is 3. The van der Waals surface area contributed by atoms with Crippen molar-refractivity contribution < 1.29 is 28.7 Å². The normalized spacial score (nSPS) is 11.7. The van der Waals surface area contributed by atoms with Gasteiger partial charge in [-0.1, -0.05) is 18.2 Å². The molecule has 3 rings (SSSR count). The number of nitrogens with zero attached hydrogens (tertiary/aromatic N) is 1. The summed E-state index contributed by atoms with van der Waals surface area (Å²) in [6.45, 7) is -0.677. The van der Waals surface area contributed by atoms with E-state index in [-0.39, 0.29) is 23.9 Å². The topological polar surface area (TPSA) is 117 Å². The lowest BCUT2D eigenvalue weighted by Gasteiger charge is -2.07. The first kappa shape index (κ1) is 16.2. The average Bonchev–Trinajstić information content (AvgIpc) is 3.07. The van der Waals surface area contributed by atoms with Crippen LogP contribution >= 0.6 is 0 Å². The maximum Gasteiger partial charge on any atom is 0.345 e. The molecule has 25 heavy (non-hydrogen) atoms. The number of carbonyl (C=O) groups is 2. The summed E-state index contributed by atoms with van der Waals surface area (Å²) in [5.41, 5.74) is -0.267. The lowest BCUT2D eigenvalue weighted by molar-refractivity contribution is -0.385. The number of benzene rings is 2. The summed E-state index contributed by atoms with van der Waals surface area (Å²) in [4.78, 5) is 34.3. The molecule has 0 spiro atoms. The van der Waals surface area contributed by atoms with Crippen molar-refractivity contribution in [2.45, 2.75) is 0 Å². The van der Waals surface area contributed by atoms with Gasteiger partial charge >= 0.3 is 5.97 Å². The molecule has 0 radical (unpaired) electrons. The third-order valence-corrected chi connectivity index (χ3v) is 3.30. The molecule has 128 valence electrons. The molecule has 9 nitrogen and oxygen atoms in total. The largest absolute Gasteiger partial charge is 0.454 e. The van der Waals surface area contributed by atoms with Gasteiger partial charge in [0.1, 0.15) is 5.56 Å². The summed E-state index contributed by atoms with van der Waals surface area (Å²) in [6.07, 6.45) is 0. The number of hydrogen-bond acceptors (Lipinski definition) is 7. The van der Waals surface area contributed by atoms with E-state index in [0.717, 1.165) is 12.1 Å². The van der Waals surface area contributed by atoms with E-state index in [2.05, 4.69) is 5.32 Å². The van der Waals surface area contributed by atoms with E-state index in [1.807, 2.05) is 0 Å². The van der Waals surface area contributed by atoms with E-state index in [4.69, 9.17) is 14.2 Å². The fraction of sp³-hybridized carbons (Fsp3) is 0.125. The van der Waals surface area contributed by atoms with Crippen LogP contribution in [0.1, 0.15) is 10.4 Å². The zero-order valence-corrected chi connectivity index (χ0v) is 12.8. The molecule has 0 atom stereocenters. The van der Waals surface area contributed by atoms with Gasteiger partial charge in [-0.3, -0.25) is 14.9 Å². The summed E-state index contributed by atoms with van der Waals surface area (Å²) in [5.74, 6) is -1.20. The van der Waals surface area contributed by atoms with Crippen molar-refractivity contribution in [1.29, 1.82) is 0 Å². The minimum Gasteiger partial charge on any atom is -0.454 e. The number of rotatable bonds is 5. The van der Waals surface area contributed by atoms with E-state index in [9.17, 15) is 19.7 Å². The van der Waals surface area contributed by atoms with Crippen LogP contribution in [0, 0.1) is 10.1 Å². The first-order valence-electron chi connectivity index (χ1n) is 7.14. The van der Waals surface area contributed by atoms with E-state index in [0.29, 0.717) is 5.69 Å². The Kier molecular flexibility index (Phi) is 4.46. The molecule has 2 aromatic rings. The van der Waals surface area contributed by atoms with Crippen molar-refractivity contribution in [3.05, 3.63) is 58.1 Å². The monoisotopic (exact) mass is 344 g/mol. The van der Waals surface area contributed by atoms with Crippen molar-refractivity contribution in [2.75, 3.05) is 18.7 Å². The smallest absolute Gasteiger partial charge is 0.345 e. The van der Waals surface area contributed by atoms with Crippen LogP contribution in [0.3, 0.4) is 0 Å². The van der Waals surface area contributed by atoms with Gasteiger partial charge < -0.3 is 19.5 Å². The molecule has 1 aliphatic rings. The molecule has 2 aromatic carbocycles. The molecule has 0 saturated heterocycles. The fourth-order valence-corrected chi connectivity index (χ4v) is 2.17. The summed E-state index contributed by atoms with van der Waals surface area (Å²) in [7, 11) is 0. The van der Waals surface area contributed by atoms with Crippen molar-refractivity contribution in [3.8, 4) is 11.5 Å². The number of nitro groups is 1. The molecule has 1 heterocycles. The summed E-state index contributed by atoms with van der Waals surface area (Å²) in [6, 6.07) is 10.8. The van der Waals surface area contributed by atoms with Crippen LogP contribution in [0.4, 0.5) is 11.4 Å². The molecule has 1 amide bonds. The Morgan fingerprint density at radius 2 is 1.84 bits per heavy atom. The second-order valence-electron chi connectivity index (χ2n) is 4.97. The first-order valence-corrected chi connectivity index (χ1v) is 7.14. The van der Waals surface area contributed by atoms with Gasteiger partial charge in [0.15, 0.2) is 18.1 Å². The highest BCUT2D eigenvalue weighted by atomic mass is 16.7. The van der Waals surface area contributed by atoms with Gasteiger partial charge in [0, 0.05) is 11.8 Å². The van der Waals surface area contributed by atoms with Crippen LogP contribution in [0.5, 0.6) is 11.5 Å². The standard InChI is InChI=1S/C16H12N2O7/c19-15(17-10-4-2-1-3-5-10)8-23-16(20)11-6-13-14(25-9-24-13)7-12(11)18(21)22/h1-7H,8-9H2,(H,17,19). The Hall–Kier alpha value is -3.62. The van der Waals surface area contributed by atoms with Crippen LogP contribution in [0.2, 0.25) is 0 Å². The highest BCUT2D eigenvalue weighted by molar-refractivity contribution is 5.98. The lowest BCUT2D eigenvalue weighted by Crippen LogP contribution is -2.21. The van der Waals surface area contributed by atoms with Crippen LogP contribution in [-0.2, 0) is 9.53 Å². The highest BCUT2D eigenvalue weighted by Crippen LogP contribution is 2.38. The zero-order chi connectivity index (χ0) is 17.8. The van der Waals surface area contributed by atoms with Crippen molar-refractivity contribution in [1.82, 2.24) is 0 Å². The van der Waals surface area contributed by atoms with Crippen LogP contribution in [0.25, 0.3) is 0 Å². The third-order valence-electron chi connectivity index (χ3n) is 3.30. The summed E-state index contributed by atoms with van der Waals surface area (Å²) < 4.78 is 15.0. The molecule has 0 fully saturated rings. The maximum atomic E-state index is 12.1. The molecule has 9 heteroatoms. The maximum absolute atomic E-state index is 12.1. The van der Waals surface area contributed by atoms with E-state index in [1.165, 1.54) is 0 Å². The van der Waals surface area contributed by atoms with Gasteiger partial charge in [-0.25, -0.2) is 4.79 Å². The Labute approximate surface area is 141 Å². The molecular weight excluding hydrogens is 332 g/mol. The van der Waals surface area contributed by atoms with Gasteiger partial charge in [0.25, 0.3) is 11.6 Å². The van der Waals surface area contributed by atoms with Crippen LogP contribution in [-0.4, -0.2) is 30.2 Å². The third kappa shape index (κ3) is 3.66. The number of hydrogen-bond donors (Lipinski definition) is 1. The van der Waals surface area contributed by atoms with E-state index in [1.54, 1.807) is 30.3 Å². The van der Waals surface area contributed by atoms with Crippen molar-refractivity contribution >= 4 is 23.3 Å². The fourth-order valence-electron chi connectivity index (χ4n) is 2.17. The molecule has 0 saturated carbocycles. The minimum atomic E-state index is -1.01. The van der Waals surface area contributed by atoms with Crippen LogP contribution < -0.4 is 14.8 Å². The number of amides is 1. The van der Waals surface area contributed by atoms with Crippen molar-refractivity contribution in [3.63, 3.8) is 0 Å². The van der Waals surface area contributed by atoms with Gasteiger partial charge in [-0.15, -0.1) is 0 Å². The number of carbonyl (C=O) groups excluding carboxylic acids is 2. The predicted octanol–water partition coefficient (Wildman–Crippen LogP) is 2.12. The second kappa shape index (κ2) is 6.87. The molecule has 1 aliphatic heterocycles. The molecule has 0 unspecified atom stereocenters. The quantitative estimate of drug-likeness (QED) is 0.501. The number of esters is 1. The first-order chi connectivity index (χ1) is 12.0. The van der Waals surface area contributed by atoms with E-state index >= 15 is 0 Å². The van der Waals surface area contributed by atoms with Gasteiger partial charge in [0.05, 0.1) is 11.0 Å². The number of para-hydroxylation sites is 1. The molecule has 1 N–H and O–H groups in total. The summed E-state index contributed by atoms with van der Waals surface area (Å²) in [5, 5.41) is 13.7. The molecule has 0 aromatic heterocycles.